The van der Waals surface area contributed by atoms with Crippen molar-refractivity contribution in [2.75, 3.05) is 33.4 Å². The predicted molar refractivity (Wildman–Crippen MR) is 147 cm³/mol. The highest BCUT2D eigenvalue weighted by atomic mass is 16.5. The number of nitriles is 1. The van der Waals surface area contributed by atoms with E-state index in [2.05, 4.69) is 52.5 Å². The zero-order valence-electron chi connectivity index (χ0n) is 22.6. The lowest BCUT2D eigenvalue weighted by Gasteiger charge is -2.53. The topological polar surface area (TPSA) is 111 Å². The van der Waals surface area contributed by atoms with Crippen LogP contribution in [0.1, 0.15) is 58.8 Å². The molecule has 8 heteroatoms. The molecule has 204 valence electrons. The van der Waals surface area contributed by atoms with E-state index in [0.717, 1.165) is 55.6 Å². The van der Waals surface area contributed by atoms with Crippen molar-refractivity contribution in [1.82, 2.24) is 15.2 Å². The van der Waals surface area contributed by atoms with Crippen LogP contribution in [0.5, 0.6) is 5.75 Å². The lowest BCUT2D eigenvalue weighted by molar-refractivity contribution is -0.173. The number of nitrogens with one attached hydrogen (secondary N) is 2. The SMILES string of the molecule is COc1cc(C)c2[nH]ccc2c1CN1CCC2(CC(C#N)C2)C[C@H]1c1ccc(C(=O)NCC2(O)COC2)cc1. The number of likely N-dealkylation sites (tertiary alicyclic amines) is 1. The van der Waals surface area contributed by atoms with E-state index in [1.54, 1.807) is 7.11 Å². The number of amides is 1. The molecule has 39 heavy (non-hydrogen) atoms. The fraction of sp³-hybridized carbons (Fsp3) is 0.484. The zero-order valence-corrected chi connectivity index (χ0v) is 22.6. The van der Waals surface area contributed by atoms with E-state index in [4.69, 9.17) is 9.47 Å². The Morgan fingerprint density at radius 3 is 2.69 bits per heavy atom. The average Bonchev–Trinajstić information content (AvgIpc) is 3.42. The number of rotatable bonds is 7. The van der Waals surface area contributed by atoms with Gasteiger partial charge in [0.1, 0.15) is 11.4 Å². The number of ether oxygens (including phenoxy) is 2. The molecule has 0 radical (unpaired) electrons. The maximum Gasteiger partial charge on any atom is 0.251 e. The summed E-state index contributed by atoms with van der Waals surface area (Å²) in [6.07, 6.45) is 6.00. The molecule has 2 aliphatic heterocycles. The zero-order chi connectivity index (χ0) is 27.2. The molecule has 2 aromatic carbocycles. The van der Waals surface area contributed by atoms with Gasteiger partial charge in [-0.1, -0.05) is 12.1 Å². The van der Waals surface area contributed by atoms with E-state index in [1.807, 2.05) is 18.3 Å². The molecular weight excluding hydrogens is 492 g/mol. The van der Waals surface area contributed by atoms with E-state index in [0.29, 0.717) is 5.56 Å². The maximum atomic E-state index is 12.7. The second-order valence-electron chi connectivity index (χ2n) is 11.8. The molecule has 3 aliphatic rings. The molecule has 1 spiro atoms. The van der Waals surface area contributed by atoms with Crippen LogP contribution in [0.2, 0.25) is 0 Å². The first kappa shape index (κ1) is 25.9. The number of hydrogen-bond donors (Lipinski definition) is 3. The summed E-state index contributed by atoms with van der Waals surface area (Å²) in [5.74, 6) is 0.863. The number of fused-ring (bicyclic) bond motifs is 1. The summed E-state index contributed by atoms with van der Waals surface area (Å²) in [5.41, 5.74) is 4.47. The van der Waals surface area contributed by atoms with Crippen LogP contribution in [0.4, 0.5) is 0 Å². The number of carbonyl (C=O) groups excluding carboxylic acids is 1. The van der Waals surface area contributed by atoms with Crippen molar-refractivity contribution in [2.45, 2.75) is 50.8 Å². The van der Waals surface area contributed by atoms with E-state index in [-0.39, 0.29) is 43.0 Å². The van der Waals surface area contributed by atoms with Crippen LogP contribution in [0, 0.1) is 29.6 Å². The highest BCUT2D eigenvalue weighted by Crippen LogP contribution is 2.56. The van der Waals surface area contributed by atoms with Crippen molar-refractivity contribution in [2.24, 2.45) is 11.3 Å². The lowest BCUT2D eigenvalue weighted by atomic mass is 9.56. The van der Waals surface area contributed by atoms with E-state index >= 15 is 0 Å². The van der Waals surface area contributed by atoms with Gasteiger partial charge in [0.25, 0.3) is 5.91 Å². The number of H-pyrrole nitrogens is 1. The van der Waals surface area contributed by atoms with Crippen molar-refractivity contribution >= 4 is 16.8 Å². The number of aromatic amines is 1. The molecule has 3 aromatic rings. The van der Waals surface area contributed by atoms with Crippen LogP contribution >= 0.6 is 0 Å². The van der Waals surface area contributed by atoms with Gasteiger partial charge < -0.3 is 24.9 Å². The number of carbonyl (C=O) groups is 1. The fourth-order valence-electron chi connectivity index (χ4n) is 6.77. The number of benzene rings is 2. The largest absolute Gasteiger partial charge is 0.496 e. The summed E-state index contributed by atoms with van der Waals surface area (Å²) in [5, 5.41) is 23.7. The fourth-order valence-corrected chi connectivity index (χ4v) is 6.77. The normalized spacial score (nSPS) is 26.0. The highest BCUT2D eigenvalue weighted by Gasteiger charge is 2.49. The molecular formula is C31H36N4O4. The van der Waals surface area contributed by atoms with Crippen molar-refractivity contribution in [3.8, 4) is 11.8 Å². The Kier molecular flexibility index (Phi) is 6.62. The Morgan fingerprint density at radius 1 is 1.26 bits per heavy atom. The molecule has 3 N–H and O–H groups in total. The smallest absolute Gasteiger partial charge is 0.251 e. The van der Waals surface area contributed by atoms with Crippen molar-refractivity contribution in [1.29, 1.82) is 5.26 Å². The van der Waals surface area contributed by atoms with Gasteiger partial charge in [-0.3, -0.25) is 9.69 Å². The van der Waals surface area contributed by atoms with Crippen molar-refractivity contribution < 1.29 is 19.4 Å². The molecule has 0 bridgehead atoms. The van der Waals surface area contributed by atoms with Gasteiger partial charge >= 0.3 is 0 Å². The molecule has 1 amide bonds. The monoisotopic (exact) mass is 528 g/mol. The minimum atomic E-state index is -0.960. The highest BCUT2D eigenvalue weighted by molar-refractivity contribution is 5.94. The standard InChI is InChI=1S/C31H36N4O4/c1-20-11-27(38-2)25(24-7-9-33-28(20)24)16-35-10-8-30(12-21(13-30)15-32)14-26(35)22-3-5-23(6-4-22)29(36)34-17-31(37)18-39-19-31/h3-7,9,11,21,26,33,37H,8,10,12-14,16-19H2,1-2H3,(H,34,36)/t21?,26-,30?/m0/s1. The molecule has 1 aromatic heterocycles. The molecule has 1 saturated carbocycles. The number of aliphatic hydroxyl groups is 1. The quantitative estimate of drug-likeness (QED) is 0.423. The Bertz CT molecular complexity index is 1410. The van der Waals surface area contributed by atoms with Gasteiger partial charge in [0.15, 0.2) is 0 Å². The summed E-state index contributed by atoms with van der Waals surface area (Å²) in [6, 6.07) is 14.7. The molecule has 0 unspecified atom stereocenters. The minimum Gasteiger partial charge on any atom is -0.496 e. The van der Waals surface area contributed by atoms with Crippen LogP contribution < -0.4 is 10.1 Å². The van der Waals surface area contributed by atoms with Crippen molar-refractivity contribution in [3.63, 3.8) is 0 Å². The third kappa shape index (κ3) is 4.80. The molecule has 1 aliphatic carbocycles. The number of nitrogens with zero attached hydrogens (tertiary/aromatic N) is 2. The van der Waals surface area contributed by atoms with Crippen molar-refractivity contribution in [3.05, 3.63) is 64.8 Å². The summed E-state index contributed by atoms with van der Waals surface area (Å²) in [4.78, 5) is 18.6. The molecule has 3 fully saturated rings. The maximum absolute atomic E-state index is 12.7. The van der Waals surface area contributed by atoms with E-state index in [9.17, 15) is 15.2 Å². The number of aryl methyl sites for hydroxylation is 1. The van der Waals surface area contributed by atoms with Crippen LogP contribution in [-0.4, -0.2) is 59.9 Å². The van der Waals surface area contributed by atoms with E-state index in [1.165, 1.54) is 16.5 Å². The van der Waals surface area contributed by atoms with Gasteiger partial charge in [-0.05, 0) is 80.0 Å². The number of piperidine rings is 1. The molecule has 3 heterocycles. The molecule has 6 rings (SSSR count). The van der Waals surface area contributed by atoms with Crippen LogP contribution in [0.3, 0.4) is 0 Å². The molecule has 1 atom stereocenters. The van der Waals surface area contributed by atoms with Gasteiger partial charge in [0.05, 0.1) is 32.9 Å². The minimum absolute atomic E-state index is 0.163. The Hall–Kier alpha value is -3.38. The molecule has 2 saturated heterocycles. The number of methoxy groups -OCH3 is 1. The first-order chi connectivity index (χ1) is 18.8. The Morgan fingerprint density at radius 2 is 2.03 bits per heavy atom. The van der Waals surface area contributed by atoms with Gasteiger partial charge in [0, 0.05) is 46.7 Å². The van der Waals surface area contributed by atoms with Gasteiger partial charge in [0.2, 0.25) is 0 Å². The predicted octanol–water partition coefficient (Wildman–Crippen LogP) is 4.23. The summed E-state index contributed by atoms with van der Waals surface area (Å²) in [6.45, 7) is 4.47. The number of aromatic nitrogens is 1. The second kappa shape index (κ2) is 9.98. The third-order valence-corrected chi connectivity index (χ3v) is 9.11. The molecule has 8 nitrogen and oxygen atoms in total. The third-order valence-electron chi connectivity index (χ3n) is 9.11. The summed E-state index contributed by atoms with van der Waals surface area (Å²) in [7, 11) is 1.73. The average molecular weight is 529 g/mol. The van der Waals surface area contributed by atoms with Crippen LogP contribution in [-0.2, 0) is 11.3 Å². The first-order valence-corrected chi connectivity index (χ1v) is 13.8. The lowest BCUT2D eigenvalue weighted by Crippen LogP contribution is -2.56. The van der Waals surface area contributed by atoms with Crippen LogP contribution in [0.25, 0.3) is 10.9 Å². The van der Waals surface area contributed by atoms with Gasteiger partial charge in [-0.2, -0.15) is 5.26 Å². The van der Waals surface area contributed by atoms with E-state index < -0.39 is 5.60 Å². The van der Waals surface area contributed by atoms with Gasteiger partial charge in [-0.15, -0.1) is 0 Å². The van der Waals surface area contributed by atoms with Crippen LogP contribution in [0.15, 0.2) is 42.6 Å². The number of hydrogen-bond acceptors (Lipinski definition) is 6. The Balaban J connectivity index is 1.26. The van der Waals surface area contributed by atoms with Gasteiger partial charge in [-0.25, -0.2) is 0 Å². The second-order valence-corrected chi connectivity index (χ2v) is 11.8. The summed E-state index contributed by atoms with van der Waals surface area (Å²) < 4.78 is 10.9. The summed E-state index contributed by atoms with van der Waals surface area (Å²) >= 11 is 0. The first-order valence-electron chi connectivity index (χ1n) is 13.8. The Labute approximate surface area is 228 Å².